The molecule has 0 bridgehead atoms. The summed E-state index contributed by atoms with van der Waals surface area (Å²) in [7, 11) is 0. The average molecular weight is 543 g/mol. The average Bonchev–Trinajstić information content (AvgIpc) is 2.84. The monoisotopic (exact) mass is 541 g/mol. The van der Waals surface area contributed by atoms with Crippen molar-refractivity contribution in [1.82, 2.24) is 4.90 Å². The molecule has 3 aromatic carbocycles. The van der Waals surface area contributed by atoms with E-state index in [4.69, 9.17) is 16.3 Å². The summed E-state index contributed by atoms with van der Waals surface area (Å²) in [6.45, 7) is 4.47. The maximum absolute atomic E-state index is 12.9. The topological polar surface area (TPSA) is 61.9 Å². The highest BCUT2D eigenvalue weighted by molar-refractivity contribution is 9.10. The van der Waals surface area contributed by atoms with E-state index < -0.39 is 0 Å². The Hall–Kier alpha value is -3.03. The quantitative estimate of drug-likeness (QED) is 0.454. The van der Waals surface area contributed by atoms with Gasteiger partial charge < -0.3 is 19.9 Å². The van der Waals surface area contributed by atoms with Crippen molar-refractivity contribution >= 4 is 50.7 Å². The number of aryl methyl sites for hydroxylation is 1. The lowest BCUT2D eigenvalue weighted by molar-refractivity contribution is -0.118. The SMILES string of the molecule is Cc1ccccc1C(=O)N1CCN(c2ccc(NC(=O)COc3ccc(Br)cc3)cc2Cl)CC1. The molecule has 0 unspecified atom stereocenters. The Kier molecular flexibility index (Phi) is 7.75. The number of benzene rings is 3. The van der Waals surface area contributed by atoms with Crippen molar-refractivity contribution in [3.8, 4) is 5.75 Å². The Morgan fingerprint density at radius 1 is 1.00 bits per heavy atom. The van der Waals surface area contributed by atoms with Gasteiger partial charge in [-0.3, -0.25) is 9.59 Å². The van der Waals surface area contributed by atoms with Gasteiger partial charge in [0.05, 0.1) is 10.7 Å². The van der Waals surface area contributed by atoms with Gasteiger partial charge in [0.15, 0.2) is 6.61 Å². The van der Waals surface area contributed by atoms with E-state index in [0.717, 1.165) is 21.3 Å². The minimum Gasteiger partial charge on any atom is -0.484 e. The summed E-state index contributed by atoms with van der Waals surface area (Å²) < 4.78 is 6.45. The number of anilines is 2. The van der Waals surface area contributed by atoms with Crippen LogP contribution in [0, 0.1) is 6.92 Å². The number of nitrogens with zero attached hydrogens (tertiary/aromatic N) is 2. The maximum Gasteiger partial charge on any atom is 0.262 e. The summed E-state index contributed by atoms with van der Waals surface area (Å²) in [6, 6.07) is 20.4. The summed E-state index contributed by atoms with van der Waals surface area (Å²) in [5.41, 5.74) is 3.22. The summed E-state index contributed by atoms with van der Waals surface area (Å²) in [5, 5.41) is 3.36. The Balaban J connectivity index is 1.31. The highest BCUT2D eigenvalue weighted by Gasteiger charge is 2.24. The molecule has 1 N–H and O–H groups in total. The molecule has 2 amide bonds. The molecular formula is C26H25BrClN3O3. The van der Waals surface area contributed by atoms with E-state index in [1.54, 1.807) is 18.2 Å². The third-order valence-corrected chi connectivity index (χ3v) is 6.53. The molecular weight excluding hydrogens is 518 g/mol. The highest BCUT2D eigenvalue weighted by Crippen LogP contribution is 2.30. The number of amides is 2. The number of carbonyl (C=O) groups excluding carboxylic acids is 2. The molecule has 1 saturated heterocycles. The normalized spacial score (nSPS) is 13.5. The molecule has 6 nitrogen and oxygen atoms in total. The van der Waals surface area contributed by atoms with Gasteiger partial charge in [0, 0.05) is 41.9 Å². The molecule has 4 rings (SSSR count). The lowest BCUT2D eigenvalue weighted by Gasteiger charge is -2.36. The predicted molar refractivity (Wildman–Crippen MR) is 139 cm³/mol. The number of halogens is 2. The molecule has 34 heavy (non-hydrogen) atoms. The number of rotatable bonds is 6. The van der Waals surface area contributed by atoms with Crippen LogP contribution < -0.4 is 15.0 Å². The van der Waals surface area contributed by atoms with Crippen LogP contribution in [0.25, 0.3) is 0 Å². The second kappa shape index (κ2) is 10.9. The predicted octanol–water partition coefficient (Wildman–Crippen LogP) is 5.39. The van der Waals surface area contributed by atoms with E-state index in [1.807, 2.05) is 60.4 Å². The number of hydrogen-bond donors (Lipinski definition) is 1. The molecule has 0 spiro atoms. The Morgan fingerprint density at radius 3 is 2.38 bits per heavy atom. The van der Waals surface area contributed by atoms with Crippen LogP contribution in [0.15, 0.2) is 71.2 Å². The van der Waals surface area contributed by atoms with Crippen LogP contribution in [0.1, 0.15) is 15.9 Å². The van der Waals surface area contributed by atoms with Crippen LogP contribution in [-0.2, 0) is 4.79 Å². The number of ether oxygens (including phenoxy) is 1. The Morgan fingerprint density at radius 2 is 1.71 bits per heavy atom. The van der Waals surface area contributed by atoms with Gasteiger partial charge in [0.2, 0.25) is 0 Å². The zero-order valence-electron chi connectivity index (χ0n) is 18.8. The molecule has 3 aromatic rings. The molecule has 0 saturated carbocycles. The second-order valence-corrected chi connectivity index (χ2v) is 9.37. The molecule has 1 aliphatic heterocycles. The lowest BCUT2D eigenvalue weighted by Crippen LogP contribution is -2.49. The van der Waals surface area contributed by atoms with Gasteiger partial charge in [-0.15, -0.1) is 0 Å². The molecule has 1 aliphatic rings. The van der Waals surface area contributed by atoms with Crippen molar-refractivity contribution in [2.24, 2.45) is 0 Å². The zero-order chi connectivity index (χ0) is 24.1. The van der Waals surface area contributed by atoms with Gasteiger partial charge in [-0.05, 0) is 61.0 Å². The van der Waals surface area contributed by atoms with Crippen LogP contribution in [-0.4, -0.2) is 49.5 Å². The third-order valence-electron chi connectivity index (χ3n) is 5.70. The zero-order valence-corrected chi connectivity index (χ0v) is 21.1. The van der Waals surface area contributed by atoms with Crippen molar-refractivity contribution in [3.05, 3.63) is 87.4 Å². The van der Waals surface area contributed by atoms with E-state index in [0.29, 0.717) is 42.6 Å². The van der Waals surface area contributed by atoms with Gasteiger partial charge in [0.25, 0.3) is 11.8 Å². The number of hydrogen-bond acceptors (Lipinski definition) is 4. The first-order chi connectivity index (χ1) is 16.4. The standard InChI is InChI=1S/C26H25BrClN3O3/c1-18-4-2-3-5-22(18)26(33)31-14-12-30(13-15-31)24-11-8-20(16-23(24)28)29-25(32)17-34-21-9-6-19(27)7-10-21/h2-11,16H,12-15,17H2,1H3,(H,29,32). The first-order valence-corrected chi connectivity index (χ1v) is 12.2. The number of nitrogens with one attached hydrogen (secondary N) is 1. The molecule has 0 radical (unpaired) electrons. The molecule has 1 fully saturated rings. The number of piperazine rings is 1. The Labute approximate surface area is 212 Å². The van der Waals surface area contributed by atoms with Crippen molar-refractivity contribution < 1.29 is 14.3 Å². The van der Waals surface area contributed by atoms with Crippen LogP contribution in [0.2, 0.25) is 5.02 Å². The van der Waals surface area contributed by atoms with Gasteiger partial charge in [-0.25, -0.2) is 0 Å². The van der Waals surface area contributed by atoms with Crippen LogP contribution in [0.4, 0.5) is 11.4 Å². The second-order valence-electron chi connectivity index (χ2n) is 8.05. The van der Waals surface area contributed by atoms with Crippen molar-refractivity contribution in [2.45, 2.75) is 6.92 Å². The van der Waals surface area contributed by atoms with Gasteiger partial charge in [-0.1, -0.05) is 45.7 Å². The van der Waals surface area contributed by atoms with Crippen LogP contribution >= 0.6 is 27.5 Å². The molecule has 0 aromatic heterocycles. The fourth-order valence-electron chi connectivity index (χ4n) is 3.85. The smallest absolute Gasteiger partial charge is 0.262 e. The molecule has 1 heterocycles. The van der Waals surface area contributed by atoms with E-state index in [9.17, 15) is 9.59 Å². The number of carbonyl (C=O) groups is 2. The first-order valence-electron chi connectivity index (χ1n) is 11.0. The molecule has 176 valence electrons. The lowest BCUT2D eigenvalue weighted by atomic mass is 10.1. The van der Waals surface area contributed by atoms with Crippen LogP contribution in [0.5, 0.6) is 5.75 Å². The van der Waals surface area contributed by atoms with E-state index in [-0.39, 0.29) is 18.4 Å². The third kappa shape index (κ3) is 5.90. The minimum atomic E-state index is -0.268. The highest BCUT2D eigenvalue weighted by atomic mass is 79.9. The van der Waals surface area contributed by atoms with Gasteiger partial charge in [-0.2, -0.15) is 0 Å². The van der Waals surface area contributed by atoms with Gasteiger partial charge in [0.1, 0.15) is 5.75 Å². The minimum absolute atomic E-state index is 0.0623. The van der Waals surface area contributed by atoms with E-state index in [1.165, 1.54) is 0 Å². The molecule has 0 aliphatic carbocycles. The maximum atomic E-state index is 12.9. The van der Waals surface area contributed by atoms with Gasteiger partial charge >= 0.3 is 0 Å². The fraction of sp³-hybridized carbons (Fsp3) is 0.231. The summed E-state index contributed by atoms with van der Waals surface area (Å²) >= 11 is 9.90. The molecule has 8 heteroatoms. The Bertz CT molecular complexity index is 1180. The molecule has 0 atom stereocenters. The fourth-order valence-corrected chi connectivity index (χ4v) is 4.42. The van der Waals surface area contributed by atoms with Crippen molar-refractivity contribution in [1.29, 1.82) is 0 Å². The van der Waals surface area contributed by atoms with E-state index in [2.05, 4.69) is 26.1 Å². The van der Waals surface area contributed by atoms with Crippen molar-refractivity contribution in [2.75, 3.05) is 43.0 Å². The van der Waals surface area contributed by atoms with Crippen LogP contribution in [0.3, 0.4) is 0 Å². The van der Waals surface area contributed by atoms with E-state index >= 15 is 0 Å². The summed E-state index contributed by atoms with van der Waals surface area (Å²) in [6.07, 6.45) is 0. The first kappa shape index (κ1) is 24.1. The summed E-state index contributed by atoms with van der Waals surface area (Å²) in [4.78, 5) is 29.2. The summed E-state index contributed by atoms with van der Waals surface area (Å²) in [5.74, 6) is 0.411. The largest absolute Gasteiger partial charge is 0.484 e. The van der Waals surface area contributed by atoms with Crippen molar-refractivity contribution in [3.63, 3.8) is 0 Å².